The summed E-state index contributed by atoms with van der Waals surface area (Å²) in [5.41, 5.74) is 8.65. The summed E-state index contributed by atoms with van der Waals surface area (Å²) in [6.45, 7) is 7.93. The number of hydrogen-bond acceptors (Lipinski definition) is 2. The van der Waals surface area contributed by atoms with E-state index in [1.54, 1.807) is 0 Å². The molecule has 15 heavy (non-hydrogen) atoms. The first kappa shape index (κ1) is 10.7. The van der Waals surface area contributed by atoms with Gasteiger partial charge in [-0.2, -0.15) is 0 Å². The Balaban J connectivity index is 2.24. The molecule has 0 amide bonds. The fraction of sp³-hybridized carbons (Fsp3) is 0.538. The molecule has 0 atom stereocenters. The Hall–Kier alpha value is -0.860. The van der Waals surface area contributed by atoms with Gasteiger partial charge in [-0.1, -0.05) is 45.0 Å². The first-order valence-electron chi connectivity index (χ1n) is 5.39. The van der Waals surface area contributed by atoms with Crippen LogP contribution in [0.1, 0.15) is 31.9 Å². The van der Waals surface area contributed by atoms with E-state index in [0.717, 1.165) is 0 Å². The first-order valence-corrected chi connectivity index (χ1v) is 5.39. The van der Waals surface area contributed by atoms with E-state index in [0.29, 0.717) is 13.2 Å². The average molecular weight is 205 g/mol. The summed E-state index contributed by atoms with van der Waals surface area (Å²) in [7, 11) is 0. The lowest BCUT2D eigenvalue weighted by Gasteiger charge is -2.38. The molecule has 0 unspecified atom stereocenters. The highest BCUT2D eigenvalue weighted by Gasteiger charge is 2.35. The normalized spacial score (nSPS) is 19.7. The Morgan fingerprint density at radius 3 is 2.00 bits per heavy atom. The van der Waals surface area contributed by atoms with E-state index in [2.05, 4.69) is 45.0 Å². The van der Waals surface area contributed by atoms with Crippen LogP contribution in [-0.2, 0) is 15.7 Å². The van der Waals surface area contributed by atoms with Crippen molar-refractivity contribution in [3.05, 3.63) is 35.4 Å². The van der Waals surface area contributed by atoms with E-state index in [9.17, 15) is 0 Å². The molecule has 1 fully saturated rings. The summed E-state index contributed by atoms with van der Waals surface area (Å²) >= 11 is 0. The number of hydrogen-bond donors (Lipinski definition) is 1. The second-order valence-corrected chi connectivity index (χ2v) is 5.48. The Bertz CT molecular complexity index is 344. The molecule has 0 aliphatic carbocycles. The summed E-state index contributed by atoms with van der Waals surface area (Å²) in [5, 5.41) is 0. The van der Waals surface area contributed by atoms with Crippen molar-refractivity contribution in [1.29, 1.82) is 0 Å². The molecule has 0 aromatic heterocycles. The highest BCUT2D eigenvalue weighted by atomic mass is 16.5. The second kappa shape index (κ2) is 3.32. The summed E-state index contributed by atoms with van der Waals surface area (Å²) in [6.07, 6.45) is 0. The van der Waals surface area contributed by atoms with Crippen molar-refractivity contribution >= 4 is 0 Å². The van der Waals surface area contributed by atoms with Gasteiger partial charge in [-0.15, -0.1) is 0 Å². The van der Waals surface area contributed by atoms with Crippen molar-refractivity contribution < 1.29 is 4.74 Å². The number of ether oxygens (including phenoxy) is 1. The van der Waals surface area contributed by atoms with Crippen molar-refractivity contribution in [2.45, 2.75) is 31.7 Å². The van der Waals surface area contributed by atoms with Gasteiger partial charge in [0.15, 0.2) is 0 Å². The van der Waals surface area contributed by atoms with Crippen molar-refractivity contribution in [1.82, 2.24) is 0 Å². The molecule has 82 valence electrons. The molecule has 2 nitrogen and oxygen atoms in total. The largest absolute Gasteiger partial charge is 0.377 e. The molecule has 1 aromatic rings. The van der Waals surface area contributed by atoms with Crippen molar-refractivity contribution in [3.63, 3.8) is 0 Å². The van der Waals surface area contributed by atoms with Gasteiger partial charge in [0.05, 0.1) is 18.8 Å². The van der Waals surface area contributed by atoms with Crippen LogP contribution in [0, 0.1) is 0 Å². The SMILES string of the molecule is CC(C)(C)c1ccc(C2(N)COC2)cc1. The van der Waals surface area contributed by atoms with E-state index in [4.69, 9.17) is 10.5 Å². The van der Waals surface area contributed by atoms with Crippen LogP contribution in [-0.4, -0.2) is 13.2 Å². The number of rotatable bonds is 1. The van der Waals surface area contributed by atoms with Crippen molar-refractivity contribution in [2.75, 3.05) is 13.2 Å². The zero-order chi connectivity index (χ0) is 11.1. The van der Waals surface area contributed by atoms with Crippen LogP contribution in [0.15, 0.2) is 24.3 Å². The highest BCUT2D eigenvalue weighted by molar-refractivity contribution is 5.32. The maximum Gasteiger partial charge on any atom is 0.0883 e. The van der Waals surface area contributed by atoms with Crippen LogP contribution in [0.4, 0.5) is 0 Å². The van der Waals surface area contributed by atoms with Crippen molar-refractivity contribution in [3.8, 4) is 0 Å². The lowest BCUT2D eigenvalue weighted by Crippen LogP contribution is -2.54. The zero-order valence-electron chi connectivity index (χ0n) is 9.71. The minimum Gasteiger partial charge on any atom is -0.377 e. The van der Waals surface area contributed by atoms with Crippen LogP contribution in [0.5, 0.6) is 0 Å². The fourth-order valence-corrected chi connectivity index (χ4v) is 1.79. The molecule has 0 bridgehead atoms. The van der Waals surface area contributed by atoms with E-state index < -0.39 is 0 Å². The van der Waals surface area contributed by atoms with E-state index in [1.807, 2.05) is 0 Å². The standard InChI is InChI=1S/C13H19NO/c1-12(2,3)10-4-6-11(7-5-10)13(14)8-15-9-13/h4-7H,8-9,14H2,1-3H3. The molecule has 2 heteroatoms. The number of nitrogens with two attached hydrogens (primary N) is 1. The lowest BCUT2D eigenvalue weighted by atomic mass is 9.83. The van der Waals surface area contributed by atoms with Crippen LogP contribution in [0.2, 0.25) is 0 Å². The summed E-state index contributed by atoms with van der Waals surface area (Å²) in [5.74, 6) is 0. The minimum absolute atomic E-state index is 0.205. The monoisotopic (exact) mass is 205 g/mol. The topological polar surface area (TPSA) is 35.2 Å². The summed E-state index contributed by atoms with van der Waals surface area (Å²) in [6, 6.07) is 8.59. The van der Waals surface area contributed by atoms with Gasteiger partial charge in [0.2, 0.25) is 0 Å². The lowest BCUT2D eigenvalue weighted by molar-refractivity contribution is -0.0569. The third kappa shape index (κ3) is 1.92. The van der Waals surface area contributed by atoms with Gasteiger partial charge in [0, 0.05) is 0 Å². The molecule has 1 aliphatic rings. The van der Waals surface area contributed by atoms with Crippen LogP contribution < -0.4 is 5.73 Å². The number of benzene rings is 1. The van der Waals surface area contributed by atoms with Crippen LogP contribution in [0.25, 0.3) is 0 Å². The van der Waals surface area contributed by atoms with E-state index in [-0.39, 0.29) is 11.0 Å². The molecule has 1 heterocycles. The van der Waals surface area contributed by atoms with Gasteiger partial charge in [-0.05, 0) is 16.5 Å². The average Bonchev–Trinajstić information content (AvgIpc) is 2.13. The van der Waals surface area contributed by atoms with Crippen LogP contribution >= 0.6 is 0 Å². The maximum absolute atomic E-state index is 6.16. The molecular weight excluding hydrogens is 186 g/mol. The van der Waals surface area contributed by atoms with Gasteiger partial charge in [-0.25, -0.2) is 0 Å². The molecule has 2 N–H and O–H groups in total. The van der Waals surface area contributed by atoms with Gasteiger partial charge < -0.3 is 10.5 Å². The van der Waals surface area contributed by atoms with Gasteiger partial charge in [0.25, 0.3) is 0 Å². The van der Waals surface area contributed by atoms with E-state index >= 15 is 0 Å². The molecule has 1 aliphatic heterocycles. The Labute approximate surface area is 91.4 Å². The molecule has 0 radical (unpaired) electrons. The summed E-state index contributed by atoms with van der Waals surface area (Å²) in [4.78, 5) is 0. The third-order valence-electron chi connectivity index (χ3n) is 3.05. The van der Waals surface area contributed by atoms with Gasteiger partial charge in [-0.3, -0.25) is 0 Å². The fourth-order valence-electron chi connectivity index (χ4n) is 1.79. The molecule has 2 rings (SSSR count). The third-order valence-corrected chi connectivity index (χ3v) is 3.05. The second-order valence-electron chi connectivity index (χ2n) is 5.48. The molecule has 1 aromatic carbocycles. The van der Waals surface area contributed by atoms with Crippen molar-refractivity contribution in [2.24, 2.45) is 5.73 Å². The Morgan fingerprint density at radius 1 is 1.13 bits per heavy atom. The summed E-state index contributed by atoms with van der Waals surface area (Å²) < 4.78 is 5.16. The first-order chi connectivity index (χ1) is 6.92. The smallest absolute Gasteiger partial charge is 0.0883 e. The molecular formula is C13H19NO. The van der Waals surface area contributed by atoms with Gasteiger partial charge in [0.1, 0.15) is 0 Å². The Kier molecular flexibility index (Phi) is 2.36. The maximum atomic E-state index is 6.16. The van der Waals surface area contributed by atoms with Crippen LogP contribution in [0.3, 0.4) is 0 Å². The molecule has 1 saturated heterocycles. The predicted molar refractivity (Wildman–Crippen MR) is 61.8 cm³/mol. The Morgan fingerprint density at radius 2 is 1.67 bits per heavy atom. The highest BCUT2D eigenvalue weighted by Crippen LogP contribution is 2.29. The van der Waals surface area contributed by atoms with E-state index in [1.165, 1.54) is 11.1 Å². The molecule has 0 spiro atoms. The zero-order valence-corrected chi connectivity index (χ0v) is 9.71. The molecule has 0 saturated carbocycles. The predicted octanol–water partition coefficient (Wildman–Crippen LogP) is 2.17. The van der Waals surface area contributed by atoms with Gasteiger partial charge >= 0.3 is 0 Å². The quantitative estimate of drug-likeness (QED) is 0.762. The minimum atomic E-state index is -0.240.